The second kappa shape index (κ2) is 6.43. The summed E-state index contributed by atoms with van der Waals surface area (Å²) in [4.78, 5) is 14.8. The number of nitrogens with zero attached hydrogens (tertiary/aromatic N) is 1. The quantitative estimate of drug-likeness (QED) is 0.728. The average molecular weight is 343 g/mol. The number of carbonyl (C=O) groups is 1. The monoisotopic (exact) mass is 343 g/mol. The van der Waals surface area contributed by atoms with Gasteiger partial charge in [0.15, 0.2) is 5.60 Å². The van der Waals surface area contributed by atoms with Crippen LogP contribution in [0.1, 0.15) is 28.3 Å². The van der Waals surface area contributed by atoms with Gasteiger partial charge in [-0.05, 0) is 23.6 Å². The van der Waals surface area contributed by atoms with E-state index in [1.165, 1.54) is 5.56 Å². The van der Waals surface area contributed by atoms with Crippen LogP contribution in [0.4, 0.5) is 0 Å². The molecule has 0 radical (unpaired) electrons. The summed E-state index contributed by atoms with van der Waals surface area (Å²) in [6.07, 6.45) is 0. The van der Waals surface area contributed by atoms with Crippen molar-refractivity contribution in [3.63, 3.8) is 0 Å². The number of carbonyl (C=O) groups excluding carboxylic acids is 1. The zero-order chi connectivity index (χ0) is 18.1. The van der Waals surface area contributed by atoms with Gasteiger partial charge in [0.25, 0.3) is 5.91 Å². The Balaban J connectivity index is 1.73. The van der Waals surface area contributed by atoms with E-state index in [0.29, 0.717) is 12.1 Å². The first-order valence-corrected chi connectivity index (χ1v) is 8.80. The van der Waals surface area contributed by atoms with Gasteiger partial charge >= 0.3 is 0 Å². The largest absolute Gasteiger partial charge is 0.373 e. The summed E-state index contributed by atoms with van der Waals surface area (Å²) in [6.45, 7) is 2.52. The summed E-state index contributed by atoms with van der Waals surface area (Å²) in [5.74, 6) is -0.252. The van der Waals surface area contributed by atoms with Crippen molar-refractivity contribution in [1.29, 1.82) is 0 Å². The first kappa shape index (κ1) is 16.6. The molecular formula is C23H21NO2. The highest BCUT2D eigenvalue weighted by atomic mass is 16.3. The van der Waals surface area contributed by atoms with E-state index in [0.717, 1.165) is 11.1 Å². The van der Waals surface area contributed by atoms with Crippen molar-refractivity contribution in [2.45, 2.75) is 25.1 Å². The number of β-lactam (4-membered cyclic amide) rings is 1. The van der Waals surface area contributed by atoms with Gasteiger partial charge in [0.1, 0.15) is 0 Å². The highest BCUT2D eigenvalue weighted by molar-refractivity contribution is 5.94. The van der Waals surface area contributed by atoms with Crippen LogP contribution in [0.2, 0.25) is 0 Å². The van der Waals surface area contributed by atoms with E-state index in [1.807, 2.05) is 91.9 Å². The first-order valence-electron chi connectivity index (χ1n) is 8.80. The van der Waals surface area contributed by atoms with E-state index in [-0.39, 0.29) is 5.91 Å². The van der Waals surface area contributed by atoms with Gasteiger partial charge in [-0.1, -0.05) is 90.5 Å². The van der Waals surface area contributed by atoms with Gasteiger partial charge in [0.2, 0.25) is 0 Å². The van der Waals surface area contributed by atoms with E-state index in [2.05, 4.69) is 0 Å². The lowest BCUT2D eigenvalue weighted by Crippen LogP contribution is -2.65. The van der Waals surface area contributed by atoms with Gasteiger partial charge in [-0.25, -0.2) is 0 Å². The fourth-order valence-electron chi connectivity index (χ4n) is 3.70. The zero-order valence-electron chi connectivity index (χ0n) is 14.7. The maximum absolute atomic E-state index is 13.0. The molecule has 0 saturated carbocycles. The zero-order valence-corrected chi connectivity index (χ0v) is 14.7. The van der Waals surface area contributed by atoms with Crippen molar-refractivity contribution in [2.24, 2.45) is 0 Å². The molecule has 3 aromatic carbocycles. The Kier molecular flexibility index (Phi) is 4.09. The predicted molar refractivity (Wildman–Crippen MR) is 101 cm³/mol. The van der Waals surface area contributed by atoms with E-state index >= 15 is 0 Å². The normalized spacial score (nSPS) is 22.2. The molecule has 3 heteroatoms. The number of amides is 1. The topological polar surface area (TPSA) is 40.5 Å². The molecule has 2 atom stereocenters. The predicted octanol–water partition coefficient (Wildman–Crippen LogP) is 3.97. The Bertz CT molecular complexity index is 906. The molecule has 3 aromatic rings. The molecule has 1 amide bonds. The van der Waals surface area contributed by atoms with Gasteiger partial charge in [-0.15, -0.1) is 0 Å². The minimum Gasteiger partial charge on any atom is -0.373 e. The van der Waals surface area contributed by atoms with Gasteiger partial charge in [0, 0.05) is 6.54 Å². The van der Waals surface area contributed by atoms with Crippen LogP contribution in [0.5, 0.6) is 0 Å². The maximum Gasteiger partial charge on any atom is 0.262 e. The van der Waals surface area contributed by atoms with Gasteiger partial charge in [-0.3, -0.25) is 4.79 Å². The van der Waals surface area contributed by atoms with E-state index in [1.54, 1.807) is 4.90 Å². The number of aryl methyl sites for hydroxylation is 1. The molecule has 0 bridgehead atoms. The molecule has 130 valence electrons. The lowest BCUT2D eigenvalue weighted by Gasteiger charge is -2.53. The summed E-state index contributed by atoms with van der Waals surface area (Å²) >= 11 is 0. The molecule has 1 heterocycles. The number of rotatable bonds is 4. The summed E-state index contributed by atoms with van der Waals surface area (Å²) in [5.41, 5.74) is 2.29. The van der Waals surface area contributed by atoms with Crippen LogP contribution in [0.25, 0.3) is 0 Å². The Morgan fingerprint density at radius 2 is 1.46 bits per heavy atom. The smallest absolute Gasteiger partial charge is 0.262 e. The molecule has 0 unspecified atom stereocenters. The third-order valence-corrected chi connectivity index (χ3v) is 5.10. The van der Waals surface area contributed by atoms with Crippen molar-refractivity contribution in [3.8, 4) is 0 Å². The Morgan fingerprint density at radius 3 is 2.08 bits per heavy atom. The molecule has 4 rings (SSSR count). The van der Waals surface area contributed by atoms with E-state index in [9.17, 15) is 9.90 Å². The third kappa shape index (κ3) is 2.61. The highest BCUT2D eigenvalue weighted by Crippen LogP contribution is 2.50. The summed E-state index contributed by atoms with van der Waals surface area (Å²) in [5, 5.41) is 11.4. The van der Waals surface area contributed by atoms with Crippen LogP contribution in [-0.2, 0) is 16.9 Å². The van der Waals surface area contributed by atoms with Crippen molar-refractivity contribution < 1.29 is 9.90 Å². The molecule has 0 aliphatic carbocycles. The molecule has 1 aliphatic rings. The molecule has 0 aromatic heterocycles. The molecule has 1 N–H and O–H groups in total. The first-order chi connectivity index (χ1) is 12.6. The molecule has 1 aliphatic heterocycles. The van der Waals surface area contributed by atoms with Gasteiger partial charge in [-0.2, -0.15) is 0 Å². The number of hydrogen-bond donors (Lipinski definition) is 1. The SMILES string of the molecule is Cc1ccc(CN2C(=O)[C@@](O)(c3ccccc3)[C@H]2c2ccccc2)cc1. The van der Waals surface area contributed by atoms with Crippen LogP contribution < -0.4 is 0 Å². The molecular weight excluding hydrogens is 322 g/mol. The summed E-state index contributed by atoms with van der Waals surface area (Å²) in [7, 11) is 0. The molecule has 0 spiro atoms. The highest BCUT2D eigenvalue weighted by Gasteiger charge is 2.61. The second-order valence-corrected chi connectivity index (χ2v) is 6.86. The van der Waals surface area contributed by atoms with Crippen LogP contribution in [0.3, 0.4) is 0 Å². The minimum atomic E-state index is -1.52. The minimum absolute atomic E-state index is 0.252. The van der Waals surface area contributed by atoms with Crippen LogP contribution in [0.15, 0.2) is 84.9 Å². The van der Waals surface area contributed by atoms with E-state index in [4.69, 9.17) is 0 Å². The number of aliphatic hydroxyl groups is 1. The average Bonchev–Trinajstić information content (AvgIpc) is 2.70. The number of hydrogen-bond acceptors (Lipinski definition) is 2. The van der Waals surface area contributed by atoms with Gasteiger partial charge in [0.05, 0.1) is 6.04 Å². The molecule has 1 fully saturated rings. The maximum atomic E-state index is 13.0. The van der Waals surface area contributed by atoms with Crippen LogP contribution >= 0.6 is 0 Å². The lowest BCUT2D eigenvalue weighted by molar-refractivity contribution is -0.198. The van der Waals surface area contributed by atoms with E-state index < -0.39 is 11.6 Å². The fourth-order valence-corrected chi connectivity index (χ4v) is 3.70. The fraction of sp³-hybridized carbons (Fsp3) is 0.174. The lowest BCUT2D eigenvalue weighted by atomic mass is 9.73. The Hall–Kier alpha value is -2.91. The van der Waals surface area contributed by atoms with Crippen molar-refractivity contribution in [2.75, 3.05) is 0 Å². The third-order valence-electron chi connectivity index (χ3n) is 5.10. The number of benzene rings is 3. The van der Waals surface area contributed by atoms with Crippen molar-refractivity contribution in [3.05, 3.63) is 107 Å². The van der Waals surface area contributed by atoms with Crippen LogP contribution in [0, 0.1) is 6.92 Å². The number of likely N-dealkylation sites (tertiary alicyclic amines) is 1. The van der Waals surface area contributed by atoms with Crippen LogP contribution in [-0.4, -0.2) is 15.9 Å². The summed E-state index contributed by atoms with van der Waals surface area (Å²) < 4.78 is 0. The second-order valence-electron chi connectivity index (χ2n) is 6.86. The molecule has 1 saturated heterocycles. The standard InChI is InChI=1S/C23H21NO2/c1-17-12-14-18(15-13-17)16-24-21(19-8-4-2-5-9-19)23(26,22(24)25)20-10-6-3-7-11-20/h2-15,21,26H,16H2,1H3/t21-,23-/m1/s1. The Labute approximate surface area is 153 Å². The van der Waals surface area contributed by atoms with Gasteiger partial charge < -0.3 is 10.0 Å². The summed E-state index contributed by atoms with van der Waals surface area (Å²) in [6, 6.07) is 26.7. The van der Waals surface area contributed by atoms with Crippen molar-refractivity contribution >= 4 is 5.91 Å². The molecule has 3 nitrogen and oxygen atoms in total. The molecule has 26 heavy (non-hydrogen) atoms. The van der Waals surface area contributed by atoms with Crippen molar-refractivity contribution in [1.82, 2.24) is 4.90 Å². The Morgan fingerprint density at radius 1 is 0.885 bits per heavy atom.